The Bertz CT molecular complexity index is 537. The number of nitrogens with one attached hydrogen (secondary N) is 1. The predicted molar refractivity (Wildman–Crippen MR) is 75.6 cm³/mol. The fourth-order valence-electron chi connectivity index (χ4n) is 1.58. The summed E-state index contributed by atoms with van der Waals surface area (Å²) in [6.07, 6.45) is 4.47. The highest BCUT2D eigenvalue weighted by atomic mass is 127. The number of benzene rings is 1. The molecule has 3 rings (SSSR count). The maximum Gasteiger partial charge on any atom is 0.399 e. The van der Waals surface area contributed by atoms with Crippen molar-refractivity contribution in [3.05, 3.63) is 39.8 Å². The van der Waals surface area contributed by atoms with Crippen molar-refractivity contribution in [1.29, 1.82) is 0 Å². The van der Waals surface area contributed by atoms with E-state index in [4.69, 9.17) is 9.15 Å². The molecule has 1 aromatic carbocycles. The Kier molecular flexibility index (Phi) is 3.51. The van der Waals surface area contributed by atoms with Crippen LogP contribution in [0.2, 0.25) is 0 Å². The van der Waals surface area contributed by atoms with E-state index in [2.05, 4.69) is 32.9 Å². The maximum atomic E-state index is 5.55. The lowest BCUT2D eigenvalue weighted by Crippen LogP contribution is -2.15. The van der Waals surface area contributed by atoms with Gasteiger partial charge in [0.1, 0.15) is 12.0 Å². The van der Waals surface area contributed by atoms with Crippen molar-refractivity contribution in [2.24, 2.45) is 0 Å². The molecule has 0 bridgehead atoms. The number of halogens is 1. The fraction of sp³-hybridized carbons (Fsp3) is 0.308. The number of rotatable bonds is 5. The third-order valence-corrected chi connectivity index (χ3v) is 3.35. The second kappa shape index (κ2) is 5.27. The van der Waals surface area contributed by atoms with E-state index in [1.165, 1.54) is 12.8 Å². The molecule has 1 saturated carbocycles. The summed E-state index contributed by atoms with van der Waals surface area (Å²) in [4.78, 5) is 4.28. The van der Waals surface area contributed by atoms with Crippen LogP contribution in [0.3, 0.4) is 0 Å². The Balaban J connectivity index is 1.61. The number of hydrogen-bond acceptors (Lipinski definition) is 4. The van der Waals surface area contributed by atoms with Crippen LogP contribution in [0.4, 0.5) is 0 Å². The molecule has 5 heteroatoms. The molecule has 0 atom stereocenters. The number of ether oxygens (including phenoxy) is 1. The minimum absolute atomic E-state index is 0.296. The molecule has 1 aliphatic carbocycles. The summed E-state index contributed by atoms with van der Waals surface area (Å²) in [7, 11) is 0. The zero-order chi connectivity index (χ0) is 12.4. The molecule has 0 aliphatic heterocycles. The lowest BCUT2D eigenvalue weighted by molar-refractivity contribution is 0.330. The van der Waals surface area contributed by atoms with Crippen molar-refractivity contribution in [2.45, 2.75) is 25.4 Å². The van der Waals surface area contributed by atoms with Crippen LogP contribution < -0.4 is 10.1 Å². The van der Waals surface area contributed by atoms with Gasteiger partial charge in [0.15, 0.2) is 0 Å². The van der Waals surface area contributed by atoms with E-state index in [9.17, 15) is 0 Å². The number of oxazole rings is 1. The van der Waals surface area contributed by atoms with Crippen LogP contribution in [-0.2, 0) is 6.54 Å². The first kappa shape index (κ1) is 12.0. The molecule has 0 spiro atoms. The van der Waals surface area contributed by atoms with Gasteiger partial charge in [-0.1, -0.05) is 6.07 Å². The van der Waals surface area contributed by atoms with Crippen LogP contribution >= 0.6 is 22.6 Å². The highest BCUT2D eigenvalue weighted by Gasteiger charge is 2.20. The van der Waals surface area contributed by atoms with E-state index >= 15 is 0 Å². The fourth-order valence-corrected chi connectivity index (χ4v) is 2.10. The number of nitrogens with zero attached hydrogens (tertiary/aromatic N) is 1. The van der Waals surface area contributed by atoms with Crippen molar-refractivity contribution in [1.82, 2.24) is 10.3 Å². The maximum absolute atomic E-state index is 5.55. The average molecular weight is 356 g/mol. The van der Waals surface area contributed by atoms with E-state index in [1.807, 2.05) is 24.3 Å². The van der Waals surface area contributed by atoms with Crippen LogP contribution in [0.1, 0.15) is 18.5 Å². The quantitative estimate of drug-likeness (QED) is 0.835. The summed E-state index contributed by atoms with van der Waals surface area (Å²) < 4.78 is 12.0. The van der Waals surface area contributed by atoms with Gasteiger partial charge in [-0.2, -0.15) is 4.98 Å². The second-order valence-corrected chi connectivity index (χ2v) is 5.56. The predicted octanol–water partition coefficient (Wildman–Crippen LogP) is 3.32. The molecule has 0 unspecified atom stereocenters. The molecule has 18 heavy (non-hydrogen) atoms. The SMILES string of the molecule is Ic1cccc(Oc2nc(CNC3CC3)co2)c1. The molecule has 94 valence electrons. The summed E-state index contributed by atoms with van der Waals surface area (Å²) in [5.74, 6) is 0.741. The Labute approximate surface area is 119 Å². The molecular formula is C13H13IN2O2. The van der Waals surface area contributed by atoms with Gasteiger partial charge in [-0.05, 0) is 53.6 Å². The molecule has 4 nitrogen and oxygen atoms in total. The van der Waals surface area contributed by atoms with Gasteiger partial charge in [-0.25, -0.2) is 0 Å². The average Bonchev–Trinajstić information content (AvgIpc) is 3.08. The third kappa shape index (κ3) is 3.23. The summed E-state index contributed by atoms with van der Waals surface area (Å²) in [5.41, 5.74) is 0.877. The summed E-state index contributed by atoms with van der Waals surface area (Å²) in [5, 5.41) is 3.38. The molecule has 1 heterocycles. The van der Waals surface area contributed by atoms with Crippen LogP contribution in [0, 0.1) is 3.57 Å². The third-order valence-electron chi connectivity index (χ3n) is 2.68. The highest BCUT2D eigenvalue weighted by Crippen LogP contribution is 2.23. The van der Waals surface area contributed by atoms with Crippen LogP contribution in [-0.4, -0.2) is 11.0 Å². The molecule has 0 amide bonds. The molecule has 1 aliphatic rings. The monoisotopic (exact) mass is 356 g/mol. The van der Waals surface area contributed by atoms with Gasteiger partial charge >= 0.3 is 6.08 Å². The number of hydrogen-bond donors (Lipinski definition) is 1. The summed E-state index contributed by atoms with van der Waals surface area (Å²) in [6, 6.07) is 8.44. The zero-order valence-corrected chi connectivity index (χ0v) is 11.9. The van der Waals surface area contributed by atoms with E-state index in [1.54, 1.807) is 6.26 Å². The van der Waals surface area contributed by atoms with Gasteiger partial charge in [-0.15, -0.1) is 0 Å². The van der Waals surface area contributed by atoms with Crippen LogP contribution in [0.5, 0.6) is 11.8 Å². The minimum Gasteiger partial charge on any atom is -0.417 e. The Morgan fingerprint density at radius 2 is 2.33 bits per heavy atom. The van der Waals surface area contributed by atoms with E-state index in [0.29, 0.717) is 12.1 Å². The molecule has 1 N–H and O–H groups in total. The van der Waals surface area contributed by atoms with Crippen molar-refractivity contribution >= 4 is 22.6 Å². The normalized spacial score (nSPS) is 14.7. The Hall–Kier alpha value is -1.08. The lowest BCUT2D eigenvalue weighted by atomic mass is 10.3. The molecule has 1 aromatic heterocycles. The van der Waals surface area contributed by atoms with Crippen LogP contribution in [0.15, 0.2) is 34.9 Å². The Morgan fingerprint density at radius 1 is 1.44 bits per heavy atom. The van der Waals surface area contributed by atoms with Gasteiger partial charge < -0.3 is 14.5 Å². The first-order chi connectivity index (χ1) is 8.79. The van der Waals surface area contributed by atoms with E-state index in [-0.39, 0.29) is 0 Å². The molecule has 0 saturated heterocycles. The molecule has 2 aromatic rings. The van der Waals surface area contributed by atoms with Gasteiger partial charge in [0.25, 0.3) is 0 Å². The second-order valence-electron chi connectivity index (χ2n) is 4.32. The molecular weight excluding hydrogens is 343 g/mol. The first-order valence-corrected chi connectivity index (χ1v) is 6.99. The number of aromatic nitrogens is 1. The van der Waals surface area contributed by atoms with Crippen molar-refractivity contribution in [2.75, 3.05) is 0 Å². The summed E-state index contributed by atoms with van der Waals surface area (Å²) in [6.45, 7) is 0.740. The topological polar surface area (TPSA) is 47.3 Å². The van der Waals surface area contributed by atoms with E-state index in [0.717, 1.165) is 21.6 Å². The lowest BCUT2D eigenvalue weighted by Gasteiger charge is -2.00. The van der Waals surface area contributed by atoms with Gasteiger partial charge in [0.2, 0.25) is 0 Å². The van der Waals surface area contributed by atoms with Crippen molar-refractivity contribution in [3.63, 3.8) is 0 Å². The highest BCUT2D eigenvalue weighted by molar-refractivity contribution is 14.1. The van der Waals surface area contributed by atoms with Crippen molar-refractivity contribution in [3.8, 4) is 11.8 Å². The van der Waals surface area contributed by atoms with Gasteiger partial charge in [0, 0.05) is 16.2 Å². The molecule has 0 radical (unpaired) electrons. The first-order valence-electron chi connectivity index (χ1n) is 5.91. The van der Waals surface area contributed by atoms with Gasteiger partial charge in [-0.3, -0.25) is 0 Å². The van der Waals surface area contributed by atoms with Gasteiger partial charge in [0.05, 0.1) is 5.69 Å². The smallest absolute Gasteiger partial charge is 0.399 e. The molecule has 1 fully saturated rings. The van der Waals surface area contributed by atoms with Crippen molar-refractivity contribution < 1.29 is 9.15 Å². The standard InChI is InChI=1S/C13H13IN2O2/c14-9-2-1-3-12(6-9)18-13-16-11(8-17-13)7-15-10-4-5-10/h1-3,6,8,10,15H,4-5,7H2. The zero-order valence-electron chi connectivity index (χ0n) is 9.73. The van der Waals surface area contributed by atoms with Crippen LogP contribution in [0.25, 0.3) is 0 Å². The van der Waals surface area contributed by atoms with E-state index < -0.39 is 0 Å². The summed E-state index contributed by atoms with van der Waals surface area (Å²) >= 11 is 2.24. The largest absolute Gasteiger partial charge is 0.417 e. The minimum atomic E-state index is 0.296. The Morgan fingerprint density at radius 3 is 3.11 bits per heavy atom.